The summed E-state index contributed by atoms with van der Waals surface area (Å²) in [6.07, 6.45) is 0. The van der Waals surface area contributed by atoms with Crippen LogP contribution in [-0.2, 0) is 0 Å². The standard InChI is InChI=1S/C20H18Cl2O/c1-11-15(7-5-9-17(11)21)19-13(3)23-14(4)20(19)16-8-6-10-18(22)12(16)2/h5-10H,1-4H3. The molecule has 0 atom stereocenters. The zero-order chi connectivity index (χ0) is 16.7. The summed E-state index contributed by atoms with van der Waals surface area (Å²) in [6.45, 7) is 8.06. The Morgan fingerprint density at radius 2 is 1.04 bits per heavy atom. The van der Waals surface area contributed by atoms with Crippen LogP contribution in [0.2, 0.25) is 10.0 Å². The number of aryl methyl sites for hydroxylation is 2. The van der Waals surface area contributed by atoms with Gasteiger partial charge in [-0.2, -0.15) is 0 Å². The number of hydrogen-bond donors (Lipinski definition) is 0. The van der Waals surface area contributed by atoms with Crippen LogP contribution in [0.1, 0.15) is 22.6 Å². The Hall–Kier alpha value is -1.70. The summed E-state index contributed by atoms with van der Waals surface area (Å²) < 4.78 is 5.96. The lowest BCUT2D eigenvalue weighted by Gasteiger charge is -2.12. The van der Waals surface area contributed by atoms with Crippen molar-refractivity contribution >= 4 is 23.2 Å². The van der Waals surface area contributed by atoms with Crippen molar-refractivity contribution in [2.45, 2.75) is 27.7 Å². The minimum atomic E-state index is 0.759. The van der Waals surface area contributed by atoms with Gasteiger partial charge >= 0.3 is 0 Å². The summed E-state index contributed by atoms with van der Waals surface area (Å²) in [6, 6.07) is 11.9. The molecule has 0 bridgehead atoms. The monoisotopic (exact) mass is 344 g/mol. The third-order valence-corrected chi connectivity index (χ3v) is 5.15. The Bertz CT molecular complexity index is 819. The van der Waals surface area contributed by atoms with Crippen molar-refractivity contribution in [1.29, 1.82) is 0 Å². The van der Waals surface area contributed by atoms with Crippen LogP contribution < -0.4 is 0 Å². The van der Waals surface area contributed by atoms with E-state index in [1.54, 1.807) is 0 Å². The van der Waals surface area contributed by atoms with Gasteiger partial charge in [-0.25, -0.2) is 0 Å². The number of furan rings is 1. The summed E-state index contributed by atoms with van der Waals surface area (Å²) >= 11 is 12.7. The maximum Gasteiger partial charge on any atom is 0.109 e. The first-order valence-electron chi connectivity index (χ1n) is 7.52. The maximum absolute atomic E-state index is 6.33. The van der Waals surface area contributed by atoms with Crippen LogP contribution in [0.4, 0.5) is 0 Å². The molecule has 0 amide bonds. The second-order valence-electron chi connectivity index (χ2n) is 5.79. The van der Waals surface area contributed by atoms with E-state index in [4.69, 9.17) is 27.6 Å². The highest BCUT2D eigenvalue weighted by atomic mass is 35.5. The molecule has 0 spiro atoms. The van der Waals surface area contributed by atoms with Gasteiger partial charge in [0.2, 0.25) is 0 Å². The van der Waals surface area contributed by atoms with Crippen molar-refractivity contribution in [3.8, 4) is 22.3 Å². The van der Waals surface area contributed by atoms with Gasteiger partial charge in [0.1, 0.15) is 11.5 Å². The van der Waals surface area contributed by atoms with Crippen molar-refractivity contribution in [2.24, 2.45) is 0 Å². The van der Waals surface area contributed by atoms with Crippen molar-refractivity contribution in [3.05, 3.63) is 69.1 Å². The molecule has 118 valence electrons. The molecule has 1 nitrogen and oxygen atoms in total. The molecule has 0 saturated heterocycles. The average molecular weight is 345 g/mol. The van der Waals surface area contributed by atoms with Gasteiger partial charge in [0.25, 0.3) is 0 Å². The second-order valence-corrected chi connectivity index (χ2v) is 6.60. The number of benzene rings is 2. The van der Waals surface area contributed by atoms with E-state index in [1.807, 2.05) is 52.0 Å². The van der Waals surface area contributed by atoms with Crippen LogP contribution in [0.15, 0.2) is 40.8 Å². The van der Waals surface area contributed by atoms with Crippen molar-refractivity contribution in [1.82, 2.24) is 0 Å². The molecule has 0 aliphatic rings. The lowest BCUT2D eigenvalue weighted by atomic mass is 9.91. The Balaban J connectivity index is 2.36. The topological polar surface area (TPSA) is 13.1 Å². The van der Waals surface area contributed by atoms with E-state index in [-0.39, 0.29) is 0 Å². The third-order valence-electron chi connectivity index (χ3n) is 4.33. The zero-order valence-electron chi connectivity index (χ0n) is 13.6. The van der Waals surface area contributed by atoms with Gasteiger partial charge in [-0.15, -0.1) is 0 Å². The quantitative estimate of drug-likeness (QED) is 0.480. The number of rotatable bonds is 2. The van der Waals surface area contributed by atoms with E-state index >= 15 is 0 Å². The van der Waals surface area contributed by atoms with Gasteiger partial charge in [0.15, 0.2) is 0 Å². The molecule has 0 unspecified atom stereocenters. The Kier molecular flexibility index (Phi) is 4.27. The smallest absolute Gasteiger partial charge is 0.109 e. The van der Waals surface area contributed by atoms with E-state index in [1.165, 1.54) is 0 Å². The fourth-order valence-corrected chi connectivity index (χ4v) is 3.44. The fourth-order valence-electron chi connectivity index (χ4n) is 3.09. The second kappa shape index (κ2) is 6.07. The average Bonchev–Trinajstić information content (AvgIpc) is 2.79. The Labute approximate surface area is 146 Å². The predicted molar refractivity (Wildman–Crippen MR) is 98.5 cm³/mol. The molecule has 1 heterocycles. The first-order valence-corrected chi connectivity index (χ1v) is 8.28. The summed E-state index contributed by atoms with van der Waals surface area (Å²) in [5.74, 6) is 1.78. The van der Waals surface area contributed by atoms with Crippen molar-refractivity contribution in [3.63, 3.8) is 0 Å². The molecule has 0 saturated carbocycles. The van der Waals surface area contributed by atoms with Crippen LogP contribution in [0.3, 0.4) is 0 Å². The SMILES string of the molecule is Cc1oc(C)c(-c2cccc(Cl)c2C)c1-c1cccc(Cl)c1C. The lowest BCUT2D eigenvalue weighted by Crippen LogP contribution is -1.91. The van der Waals surface area contributed by atoms with Crippen molar-refractivity contribution < 1.29 is 4.42 Å². The highest BCUT2D eigenvalue weighted by Gasteiger charge is 2.21. The molecule has 3 rings (SSSR count). The number of hydrogen-bond acceptors (Lipinski definition) is 1. The summed E-state index contributed by atoms with van der Waals surface area (Å²) in [5.41, 5.74) is 6.49. The zero-order valence-corrected chi connectivity index (χ0v) is 15.1. The summed E-state index contributed by atoms with van der Waals surface area (Å²) in [7, 11) is 0. The molecule has 0 fully saturated rings. The largest absolute Gasteiger partial charge is 0.465 e. The van der Waals surface area contributed by atoms with Crippen LogP contribution in [0.5, 0.6) is 0 Å². The van der Waals surface area contributed by atoms with Gasteiger partial charge in [-0.3, -0.25) is 0 Å². The van der Waals surface area contributed by atoms with Crippen LogP contribution >= 0.6 is 23.2 Å². The van der Waals surface area contributed by atoms with Crippen molar-refractivity contribution in [2.75, 3.05) is 0 Å². The van der Waals surface area contributed by atoms with Gasteiger partial charge in [0, 0.05) is 21.2 Å². The maximum atomic E-state index is 6.33. The molecule has 0 N–H and O–H groups in total. The van der Waals surface area contributed by atoms with E-state index < -0.39 is 0 Å². The minimum absolute atomic E-state index is 0.759. The van der Waals surface area contributed by atoms with Crippen LogP contribution in [-0.4, -0.2) is 0 Å². The molecular formula is C20H18Cl2O. The summed E-state index contributed by atoms with van der Waals surface area (Å²) in [4.78, 5) is 0. The van der Waals surface area contributed by atoms with E-state index in [0.717, 1.165) is 54.9 Å². The lowest BCUT2D eigenvalue weighted by molar-refractivity contribution is 0.506. The highest BCUT2D eigenvalue weighted by Crippen LogP contribution is 2.43. The molecule has 1 aromatic heterocycles. The highest BCUT2D eigenvalue weighted by molar-refractivity contribution is 6.32. The van der Waals surface area contributed by atoms with E-state index in [9.17, 15) is 0 Å². The molecule has 2 aromatic carbocycles. The Morgan fingerprint density at radius 3 is 1.43 bits per heavy atom. The first kappa shape index (κ1) is 16.2. The third kappa shape index (κ3) is 2.69. The number of halogens is 2. The predicted octanol–water partition coefficient (Wildman–Crippen LogP) is 7.15. The molecule has 3 heteroatoms. The first-order chi connectivity index (χ1) is 10.9. The molecule has 23 heavy (non-hydrogen) atoms. The minimum Gasteiger partial charge on any atom is -0.465 e. The molecule has 3 aromatic rings. The van der Waals surface area contributed by atoms with Gasteiger partial charge in [0.05, 0.1) is 0 Å². The van der Waals surface area contributed by atoms with Gasteiger partial charge < -0.3 is 4.42 Å². The van der Waals surface area contributed by atoms with E-state index in [0.29, 0.717) is 0 Å². The van der Waals surface area contributed by atoms with Crippen LogP contribution in [0.25, 0.3) is 22.3 Å². The molecule has 0 radical (unpaired) electrons. The van der Waals surface area contributed by atoms with E-state index in [2.05, 4.69) is 12.1 Å². The molecule has 0 aliphatic heterocycles. The molecule has 0 aliphatic carbocycles. The normalized spacial score (nSPS) is 11.0. The molecular weight excluding hydrogens is 327 g/mol. The Morgan fingerprint density at radius 1 is 0.652 bits per heavy atom. The van der Waals surface area contributed by atoms with Gasteiger partial charge in [-0.1, -0.05) is 47.5 Å². The fraction of sp³-hybridized carbons (Fsp3) is 0.200. The summed E-state index contributed by atoms with van der Waals surface area (Å²) in [5, 5.41) is 1.52. The van der Waals surface area contributed by atoms with Gasteiger partial charge in [-0.05, 0) is 62.1 Å². The van der Waals surface area contributed by atoms with Crippen LogP contribution in [0, 0.1) is 27.7 Å².